The molecule has 24 heavy (non-hydrogen) atoms. The number of benzene rings is 2. The molecule has 1 aromatic heterocycles. The lowest BCUT2D eigenvalue weighted by atomic mass is 9.95. The highest BCUT2D eigenvalue weighted by molar-refractivity contribution is 6.30. The van der Waals surface area contributed by atoms with Gasteiger partial charge in [-0.2, -0.15) is 18.4 Å². The van der Waals surface area contributed by atoms with Crippen molar-refractivity contribution in [3.05, 3.63) is 70.5 Å². The van der Waals surface area contributed by atoms with E-state index in [-0.39, 0.29) is 5.52 Å². The molecule has 3 aromatic rings. The summed E-state index contributed by atoms with van der Waals surface area (Å²) in [7, 11) is 0. The maximum atomic E-state index is 13.4. The predicted octanol–water partition coefficient (Wildman–Crippen LogP) is 4.96. The van der Waals surface area contributed by atoms with Crippen molar-refractivity contribution >= 4 is 22.6 Å². The van der Waals surface area contributed by atoms with Crippen LogP contribution < -0.4 is 0 Å². The summed E-state index contributed by atoms with van der Waals surface area (Å²) in [4.78, 5) is 7.77. The van der Waals surface area contributed by atoms with E-state index in [2.05, 4.69) is 9.97 Å². The van der Waals surface area contributed by atoms with E-state index in [0.29, 0.717) is 16.1 Å². The van der Waals surface area contributed by atoms with Crippen LogP contribution in [-0.4, -0.2) is 9.97 Å². The molecule has 0 saturated heterocycles. The molecule has 7 heteroatoms. The molecule has 1 atom stereocenters. The van der Waals surface area contributed by atoms with E-state index in [1.54, 1.807) is 18.2 Å². The van der Waals surface area contributed by atoms with Crippen molar-refractivity contribution in [3.8, 4) is 6.07 Å². The van der Waals surface area contributed by atoms with Crippen LogP contribution in [0, 0.1) is 11.3 Å². The van der Waals surface area contributed by atoms with E-state index in [1.165, 1.54) is 30.3 Å². The molecule has 0 aliphatic carbocycles. The van der Waals surface area contributed by atoms with Gasteiger partial charge in [0.2, 0.25) is 0 Å². The van der Waals surface area contributed by atoms with Crippen LogP contribution in [-0.2, 0) is 6.18 Å². The summed E-state index contributed by atoms with van der Waals surface area (Å²) in [6.45, 7) is 0. The quantitative estimate of drug-likeness (QED) is 0.658. The highest BCUT2D eigenvalue weighted by Gasteiger charge is 2.39. The van der Waals surface area contributed by atoms with Crippen molar-refractivity contribution in [1.82, 2.24) is 9.97 Å². The molecule has 0 N–H and O–H groups in total. The molecule has 120 valence electrons. The molecule has 0 bridgehead atoms. The average Bonchev–Trinajstić information content (AvgIpc) is 2.55. The lowest BCUT2D eigenvalue weighted by Crippen LogP contribution is -2.17. The van der Waals surface area contributed by atoms with Crippen LogP contribution >= 0.6 is 11.6 Å². The molecule has 0 aliphatic heterocycles. The van der Waals surface area contributed by atoms with E-state index < -0.39 is 23.5 Å². The fourth-order valence-electron chi connectivity index (χ4n) is 2.37. The van der Waals surface area contributed by atoms with Crippen molar-refractivity contribution in [2.24, 2.45) is 0 Å². The van der Waals surface area contributed by atoms with Crippen LogP contribution in [0.25, 0.3) is 11.0 Å². The highest BCUT2D eigenvalue weighted by Crippen LogP contribution is 2.36. The minimum Gasteiger partial charge on any atom is -0.247 e. The molecule has 0 unspecified atom stereocenters. The van der Waals surface area contributed by atoms with Crippen LogP contribution in [0.1, 0.15) is 22.9 Å². The van der Waals surface area contributed by atoms with Gasteiger partial charge in [0.15, 0.2) is 5.69 Å². The number of nitrogens with zero attached hydrogens (tertiary/aromatic N) is 3. The van der Waals surface area contributed by atoms with Gasteiger partial charge in [-0.15, -0.1) is 0 Å². The summed E-state index contributed by atoms with van der Waals surface area (Å²) in [6.07, 6.45) is -4.71. The van der Waals surface area contributed by atoms with Gasteiger partial charge in [0.05, 0.1) is 22.8 Å². The number of fused-ring (bicyclic) bond motifs is 1. The molecule has 0 aliphatic rings. The maximum Gasteiger partial charge on any atom is 0.435 e. The van der Waals surface area contributed by atoms with Crippen LogP contribution in [0.4, 0.5) is 13.2 Å². The average molecular weight is 348 g/mol. The summed E-state index contributed by atoms with van der Waals surface area (Å²) >= 11 is 5.80. The number of rotatable bonds is 2. The van der Waals surface area contributed by atoms with E-state index in [9.17, 15) is 18.4 Å². The Morgan fingerprint density at radius 3 is 2.08 bits per heavy atom. The van der Waals surface area contributed by atoms with E-state index in [1.807, 2.05) is 6.07 Å². The van der Waals surface area contributed by atoms with Crippen LogP contribution in [0.3, 0.4) is 0 Å². The van der Waals surface area contributed by atoms with E-state index in [0.717, 1.165) is 0 Å². The van der Waals surface area contributed by atoms with Crippen molar-refractivity contribution in [1.29, 1.82) is 5.26 Å². The van der Waals surface area contributed by atoms with Gasteiger partial charge in [0.1, 0.15) is 5.92 Å². The minimum atomic E-state index is -4.71. The summed E-state index contributed by atoms with van der Waals surface area (Å²) in [6, 6.07) is 14.2. The summed E-state index contributed by atoms with van der Waals surface area (Å²) in [5.74, 6) is -1.20. The lowest BCUT2D eigenvalue weighted by molar-refractivity contribution is -0.141. The Morgan fingerprint density at radius 2 is 1.54 bits per heavy atom. The van der Waals surface area contributed by atoms with Gasteiger partial charge >= 0.3 is 6.18 Å². The zero-order valence-electron chi connectivity index (χ0n) is 12.0. The second-order valence-corrected chi connectivity index (χ2v) is 5.49. The molecular weight excluding hydrogens is 339 g/mol. The van der Waals surface area contributed by atoms with Gasteiger partial charge in [-0.25, -0.2) is 9.97 Å². The number of hydrogen-bond acceptors (Lipinski definition) is 3. The van der Waals surface area contributed by atoms with Gasteiger partial charge in [0, 0.05) is 5.02 Å². The normalized spacial score (nSPS) is 12.8. The highest BCUT2D eigenvalue weighted by atomic mass is 35.5. The summed E-state index contributed by atoms with van der Waals surface area (Å²) in [5, 5.41) is 9.87. The Labute approximate surface area is 140 Å². The fourth-order valence-corrected chi connectivity index (χ4v) is 2.50. The number of halogens is 4. The SMILES string of the molecule is N#C[C@H](c1ccc(Cl)cc1)c1nc2ccccc2nc1C(F)(F)F. The number of aromatic nitrogens is 2. The van der Waals surface area contributed by atoms with Crippen molar-refractivity contribution < 1.29 is 13.2 Å². The number of alkyl halides is 3. The molecule has 3 nitrogen and oxygen atoms in total. The standard InChI is InChI=1S/C17H9ClF3N3/c18-11-7-5-10(6-8-11)12(9-22)15-16(17(19,20)21)24-14-4-2-1-3-13(14)23-15/h1-8,12H/t12-/m1/s1. The first kappa shape index (κ1) is 16.2. The molecular formula is C17H9ClF3N3. The third kappa shape index (κ3) is 3.03. The topological polar surface area (TPSA) is 49.6 Å². The van der Waals surface area contributed by atoms with Crippen LogP contribution in [0.5, 0.6) is 0 Å². The first-order valence-corrected chi connectivity index (χ1v) is 7.27. The fraction of sp³-hybridized carbons (Fsp3) is 0.118. The van der Waals surface area contributed by atoms with E-state index in [4.69, 9.17) is 11.6 Å². The summed E-state index contributed by atoms with van der Waals surface area (Å²) < 4.78 is 40.3. The molecule has 0 saturated carbocycles. The van der Waals surface area contributed by atoms with Crippen molar-refractivity contribution in [2.45, 2.75) is 12.1 Å². The summed E-state index contributed by atoms with van der Waals surface area (Å²) in [5.41, 5.74) is -0.762. The first-order chi connectivity index (χ1) is 11.4. The zero-order chi connectivity index (χ0) is 17.3. The third-order valence-corrected chi connectivity index (χ3v) is 3.72. The van der Waals surface area contributed by atoms with Crippen molar-refractivity contribution in [3.63, 3.8) is 0 Å². The molecule has 0 amide bonds. The molecule has 0 radical (unpaired) electrons. The van der Waals surface area contributed by atoms with Crippen LogP contribution in [0.15, 0.2) is 48.5 Å². The predicted molar refractivity (Wildman–Crippen MR) is 83.4 cm³/mol. The maximum absolute atomic E-state index is 13.4. The Bertz CT molecular complexity index is 930. The molecule has 0 fully saturated rings. The zero-order valence-corrected chi connectivity index (χ0v) is 12.8. The number of nitriles is 1. The Hall–Kier alpha value is -2.65. The monoisotopic (exact) mass is 347 g/mol. The molecule has 0 spiro atoms. The second-order valence-electron chi connectivity index (χ2n) is 5.06. The Kier molecular flexibility index (Phi) is 4.12. The smallest absolute Gasteiger partial charge is 0.247 e. The minimum absolute atomic E-state index is 0.126. The Morgan fingerprint density at radius 1 is 0.958 bits per heavy atom. The van der Waals surface area contributed by atoms with Gasteiger partial charge in [-0.05, 0) is 29.8 Å². The van der Waals surface area contributed by atoms with Crippen molar-refractivity contribution in [2.75, 3.05) is 0 Å². The molecule has 2 aromatic carbocycles. The van der Waals surface area contributed by atoms with Gasteiger partial charge < -0.3 is 0 Å². The van der Waals surface area contributed by atoms with E-state index >= 15 is 0 Å². The third-order valence-electron chi connectivity index (χ3n) is 3.47. The first-order valence-electron chi connectivity index (χ1n) is 6.89. The second kappa shape index (κ2) is 6.10. The van der Waals surface area contributed by atoms with Gasteiger partial charge in [-0.1, -0.05) is 35.9 Å². The number of para-hydroxylation sites is 2. The Balaban J connectivity index is 2.25. The number of hydrogen-bond donors (Lipinski definition) is 0. The molecule has 1 heterocycles. The van der Waals surface area contributed by atoms with Gasteiger partial charge in [0.25, 0.3) is 0 Å². The van der Waals surface area contributed by atoms with Gasteiger partial charge in [-0.3, -0.25) is 0 Å². The largest absolute Gasteiger partial charge is 0.435 e. The lowest BCUT2D eigenvalue weighted by Gasteiger charge is -2.16. The van der Waals surface area contributed by atoms with Crippen LogP contribution in [0.2, 0.25) is 5.02 Å². The molecule has 3 rings (SSSR count).